The van der Waals surface area contributed by atoms with Crippen LogP contribution in [-0.4, -0.2) is 28.8 Å². The zero-order valence-corrected chi connectivity index (χ0v) is 9.36. The van der Waals surface area contributed by atoms with Crippen molar-refractivity contribution in [1.82, 2.24) is 4.90 Å². The van der Waals surface area contributed by atoms with Crippen LogP contribution >= 0.6 is 0 Å². The number of nitrogens with zero attached hydrogens (tertiary/aromatic N) is 2. The smallest absolute Gasteiger partial charge is 0.305 e. The van der Waals surface area contributed by atoms with Gasteiger partial charge in [0.25, 0.3) is 5.91 Å². The SMILES string of the molecule is O=C(c1cc([N+](=O)[O-])c(F)cc1F)N1CCCC1. The summed E-state index contributed by atoms with van der Waals surface area (Å²) >= 11 is 0. The molecule has 96 valence electrons. The molecule has 0 radical (unpaired) electrons. The zero-order valence-electron chi connectivity index (χ0n) is 9.36. The molecule has 1 saturated heterocycles. The highest BCUT2D eigenvalue weighted by Gasteiger charge is 2.26. The maximum absolute atomic E-state index is 13.5. The summed E-state index contributed by atoms with van der Waals surface area (Å²) in [5, 5.41) is 10.5. The van der Waals surface area contributed by atoms with E-state index < -0.39 is 33.7 Å². The number of carbonyl (C=O) groups is 1. The van der Waals surface area contributed by atoms with Crippen LogP contribution in [0.25, 0.3) is 0 Å². The molecule has 0 N–H and O–H groups in total. The molecule has 1 aliphatic rings. The van der Waals surface area contributed by atoms with Gasteiger partial charge in [-0.15, -0.1) is 0 Å². The van der Waals surface area contributed by atoms with E-state index in [1.165, 1.54) is 4.90 Å². The second-order valence-electron chi connectivity index (χ2n) is 4.04. The molecule has 0 unspecified atom stereocenters. The number of nitro groups is 1. The molecule has 0 aliphatic carbocycles. The highest BCUT2D eigenvalue weighted by atomic mass is 19.1. The second-order valence-corrected chi connectivity index (χ2v) is 4.04. The minimum absolute atomic E-state index is 0.376. The molecule has 5 nitrogen and oxygen atoms in total. The van der Waals surface area contributed by atoms with E-state index in [4.69, 9.17) is 0 Å². The van der Waals surface area contributed by atoms with Gasteiger partial charge in [-0.3, -0.25) is 14.9 Å². The van der Waals surface area contributed by atoms with E-state index in [0.717, 1.165) is 12.8 Å². The van der Waals surface area contributed by atoms with Crippen molar-refractivity contribution in [1.29, 1.82) is 0 Å². The van der Waals surface area contributed by atoms with Gasteiger partial charge in [-0.1, -0.05) is 0 Å². The predicted octanol–water partition coefficient (Wildman–Crippen LogP) is 2.11. The van der Waals surface area contributed by atoms with Gasteiger partial charge in [-0.2, -0.15) is 4.39 Å². The lowest BCUT2D eigenvalue weighted by Gasteiger charge is -2.15. The van der Waals surface area contributed by atoms with Crippen LogP contribution in [0.4, 0.5) is 14.5 Å². The van der Waals surface area contributed by atoms with Crippen LogP contribution in [0.15, 0.2) is 12.1 Å². The van der Waals surface area contributed by atoms with Crippen LogP contribution in [0.3, 0.4) is 0 Å². The Morgan fingerprint density at radius 2 is 1.83 bits per heavy atom. The quantitative estimate of drug-likeness (QED) is 0.601. The minimum Gasteiger partial charge on any atom is -0.339 e. The van der Waals surface area contributed by atoms with Crippen molar-refractivity contribution in [3.05, 3.63) is 39.4 Å². The van der Waals surface area contributed by atoms with E-state index in [-0.39, 0.29) is 0 Å². The first kappa shape index (κ1) is 12.4. The maximum Gasteiger partial charge on any atom is 0.305 e. The monoisotopic (exact) mass is 256 g/mol. The molecular weight excluding hydrogens is 246 g/mol. The summed E-state index contributed by atoms with van der Waals surface area (Å²) in [6, 6.07) is 1.03. The van der Waals surface area contributed by atoms with Crippen LogP contribution in [0, 0.1) is 21.7 Å². The molecule has 0 atom stereocenters. The first-order chi connectivity index (χ1) is 8.50. The Morgan fingerprint density at radius 1 is 1.22 bits per heavy atom. The lowest BCUT2D eigenvalue weighted by molar-refractivity contribution is -0.387. The van der Waals surface area contributed by atoms with Crippen LogP contribution in [0.1, 0.15) is 23.2 Å². The molecule has 0 bridgehead atoms. The topological polar surface area (TPSA) is 63.4 Å². The average Bonchev–Trinajstić information content (AvgIpc) is 2.81. The Hall–Kier alpha value is -2.05. The number of hydrogen-bond donors (Lipinski definition) is 0. The van der Waals surface area contributed by atoms with Gasteiger partial charge in [0, 0.05) is 25.2 Å². The Balaban J connectivity index is 2.40. The number of nitro benzene ring substituents is 1. The fraction of sp³-hybridized carbons (Fsp3) is 0.364. The van der Waals surface area contributed by atoms with Gasteiger partial charge in [-0.05, 0) is 12.8 Å². The van der Waals surface area contributed by atoms with Gasteiger partial charge >= 0.3 is 5.69 Å². The molecule has 0 saturated carbocycles. The highest BCUT2D eigenvalue weighted by molar-refractivity contribution is 5.95. The molecule has 18 heavy (non-hydrogen) atoms. The van der Waals surface area contributed by atoms with Crippen LogP contribution < -0.4 is 0 Å². The molecular formula is C11H10F2N2O3. The van der Waals surface area contributed by atoms with Gasteiger partial charge in [0.2, 0.25) is 5.82 Å². The number of rotatable bonds is 2. The Bertz CT molecular complexity index is 513. The van der Waals surface area contributed by atoms with E-state index in [9.17, 15) is 23.7 Å². The molecule has 0 spiro atoms. The molecule has 7 heteroatoms. The first-order valence-corrected chi connectivity index (χ1v) is 5.43. The standard InChI is InChI=1S/C11H10F2N2O3/c12-8-6-9(13)10(15(17)18)5-7(8)11(16)14-3-1-2-4-14/h5-6H,1-4H2. The predicted molar refractivity (Wildman–Crippen MR) is 58.1 cm³/mol. The van der Waals surface area contributed by atoms with Gasteiger partial charge in [0.1, 0.15) is 5.82 Å². The normalized spacial score (nSPS) is 14.9. The van der Waals surface area contributed by atoms with Gasteiger partial charge in [0.05, 0.1) is 10.5 Å². The largest absolute Gasteiger partial charge is 0.339 e. The fourth-order valence-electron chi connectivity index (χ4n) is 1.93. The molecule has 1 heterocycles. The number of benzene rings is 1. The third-order valence-corrected chi connectivity index (χ3v) is 2.86. The summed E-state index contributed by atoms with van der Waals surface area (Å²) in [7, 11) is 0. The summed E-state index contributed by atoms with van der Waals surface area (Å²) in [5.41, 5.74) is -1.34. The minimum atomic E-state index is -1.28. The van der Waals surface area contributed by atoms with Crippen molar-refractivity contribution in [3.63, 3.8) is 0 Å². The van der Waals surface area contributed by atoms with Gasteiger partial charge in [0.15, 0.2) is 0 Å². The number of carbonyl (C=O) groups excluding carboxylic acids is 1. The van der Waals surface area contributed by atoms with E-state index in [1.807, 2.05) is 0 Å². The van der Waals surface area contributed by atoms with E-state index in [1.54, 1.807) is 0 Å². The van der Waals surface area contributed by atoms with Crippen molar-refractivity contribution in [2.75, 3.05) is 13.1 Å². The Labute approximate surface area is 101 Å². The third kappa shape index (κ3) is 2.15. The van der Waals surface area contributed by atoms with Crippen molar-refractivity contribution in [3.8, 4) is 0 Å². The number of hydrogen-bond acceptors (Lipinski definition) is 3. The van der Waals surface area contributed by atoms with Gasteiger partial charge < -0.3 is 4.90 Å². The summed E-state index contributed by atoms with van der Waals surface area (Å²) in [4.78, 5) is 22.9. The van der Waals surface area contributed by atoms with Crippen molar-refractivity contribution in [2.24, 2.45) is 0 Å². The maximum atomic E-state index is 13.5. The highest BCUT2D eigenvalue weighted by Crippen LogP contribution is 2.23. The molecule has 1 fully saturated rings. The Morgan fingerprint density at radius 3 is 2.39 bits per heavy atom. The fourth-order valence-corrected chi connectivity index (χ4v) is 1.93. The first-order valence-electron chi connectivity index (χ1n) is 5.43. The van der Waals surface area contributed by atoms with Crippen LogP contribution in [-0.2, 0) is 0 Å². The van der Waals surface area contributed by atoms with Crippen molar-refractivity contribution >= 4 is 11.6 Å². The molecule has 1 aromatic rings. The van der Waals surface area contributed by atoms with Gasteiger partial charge in [-0.25, -0.2) is 4.39 Å². The lowest BCUT2D eigenvalue weighted by atomic mass is 10.1. The van der Waals surface area contributed by atoms with Crippen LogP contribution in [0.5, 0.6) is 0 Å². The summed E-state index contributed by atoms with van der Waals surface area (Å²) in [6.07, 6.45) is 1.63. The zero-order chi connectivity index (χ0) is 13.3. The number of likely N-dealkylation sites (tertiary alicyclic amines) is 1. The van der Waals surface area contributed by atoms with E-state index in [0.29, 0.717) is 25.2 Å². The van der Waals surface area contributed by atoms with E-state index in [2.05, 4.69) is 0 Å². The van der Waals surface area contributed by atoms with Crippen LogP contribution in [0.2, 0.25) is 0 Å². The molecule has 1 amide bonds. The molecule has 1 aliphatic heterocycles. The summed E-state index contributed by atoms with van der Waals surface area (Å²) < 4.78 is 26.6. The lowest BCUT2D eigenvalue weighted by Crippen LogP contribution is -2.28. The van der Waals surface area contributed by atoms with E-state index >= 15 is 0 Å². The summed E-state index contributed by atoms with van der Waals surface area (Å²) in [5.74, 6) is -2.99. The summed E-state index contributed by atoms with van der Waals surface area (Å²) in [6.45, 7) is 0.979. The van der Waals surface area contributed by atoms with Crippen molar-refractivity contribution in [2.45, 2.75) is 12.8 Å². The second kappa shape index (κ2) is 4.67. The average molecular weight is 256 g/mol. The molecule has 1 aromatic carbocycles. The number of amides is 1. The molecule has 0 aromatic heterocycles. The molecule has 2 rings (SSSR count). The van der Waals surface area contributed by atoms with Crippen molar-refractivity contribution < 1.29 is 18.5 Å². The third-order valence-electron chi connectivity index (χ3n) is 2.86. The number of halogens is 2. The Kier molecular flexibility index (Phi) is 3.22.